The molecule has 0 bridgehead atoms. The Morgan fingerprint density at radius 2 is 1.12 bits per heavy atom. The number of nitrogens with zero attached hydrogens (tertiary/aromatic N) is 2. The molecule has 1 aliphatic carbocycles. The van der Waals surface area contributed by atoms with Crippen LogP contribution < -0.4 is 0 Å². The Balaban J connectivity index is 1.57. The van der Waals surface area contributed by atoms with Gasteiger partial charge in [0.2, 0.25) is 11.8 Å². The van der Waals surface area contributed by atoms with E-state index in [0.29, 0.717) is 24.7 Å². The number of rotatable bonds is 4. The van der Waals surface area contributed by atoms with Gasteiger partial charge in [-0.25, -0.2) is 0 Å². The van der Waals surface area contributed by atoms with Gasteiger partial charge < -0.3 is 9.80 Å². The summed E-state index contributed by atoms with van der Waals surface area (Å²) in [6.45, 7) is 8.20. The zero-order chi connectivity index (χ0) is 17.9. The SMILES string of the molecule is CC1CCN(C(=O)CC2(CC(=O)N3CCC(C)CC3)CCCC2)CC1. The number of amides is 2. The quantitative estimate of drug-likeness (QED) is 0.774. The van der Waals surface area contributed by atoms with Crippen molar-refractivity contribution >= 4 is 11.8 Å². The van der Waals surface area contributed by atoms with Crippen LogP contribution in [0.2, 0.25) is 0 Å². The zero-order valence-electron chi connectivity index (χ0n) is 16.3. The molecule has 0 aromatic heterocycles. The number of likely N-dealkylation sites (tertiary alicyclic amines) is 2. The van der Waals surface area contributed by atoms with E-state index in [9.17, 15) is 9.59 Å². The van der Waals surface area contributed by atoms with Crippen molar-refractivity contribution in [2.75, 3.05) is 26.2 Å². The number of piperidine rings is 2. The summed E-state index contributed by atoms with van der Waals surface area (Å²) in [4.78, 5) is 29.9. The molecule has 142 valence electrons. The maximum absolute atomic E-state index is 12.9. The lowest BCUT2D eigenvalue weighted by atomic mass is 9.78. The molecule has 3 rings (SSSR count). The fraction of sp³-hybridized carbons (Fsp3) is 0.905. The van der Waals surface area contributed by atoms with Crippen LogP contribution in [-0.4, -0.2) is 47.8 Å². The first-order valence-electron chi connectivity index (χ1n) is 10.5. The van der Waals surface area contributed by atoms with Gasteiger partial charge in [-0.1, -0.05) is 26.7 Å². The summed E-state index contributed by atoms with van der Waals surface area (Å²) in [7, 11) is 0. The summed E-state index contributed by atoms with van der Waals surface area (Å²) in [5, 5.41) is 0. The van der Waals surface area contributed by atoms with E-state index >= 15 is 0 Å². The highest BCUT2D eigenvalue weighted by Crippen LogP contribution is 2.45. The third-order valence-electron chi connectivity index (χ3n) is 6.99. The molecule has 4 nitrogen and oxygen atoms in total. The summed E-state index contributed by atoms with van der Waals surface area (Å²) >= 11 is 0. The molecule has 3 fully saturated rings. The molecule has 0 aromatic carbocycles. The average Bonchev–Trinajstić information content (AvgIpc) is 3.04. The van der Waals surface area contributed by atoms with Crippen LogP contribution in [0.3, 0.4) is 0 Å². The minimum absolute atomic E-state index is 0.0553. The van der Waals surface area contributed by atoms with E-state index in [1.54, 1.807) is 0 Å². The average molecular weight is 349 g/mol. The molecule has 0 aromatic rings. The maximum atomic E-state index is 12.9. The standard InChI is InChI=1S/C21H36N2O2/c1-17-5-11-22(12-6-17)19(24)15-21(9-3-4-10-21)16-20(25)23-13-7-18(2)8-14-23/h17-18H,3-16H2,1-2H3. The van der Waals surface area contributed by atoms with Crippen molar-refractivity contribution in [2.24, 2.45) is 17.3 Å². The predicted octanol–water partition coefficient (Wildman–Crippen LogP) is 3.84. The predicted molar refractivity (Wildman–Crippen MR) is 100 cm³/mol. The molecule has 2 heterocycles. The number of hydrogen-bond donors (Lipinski definition) is 0. The van der Waals surface area contributed by atoms with E-state index < -0.39 is 0 Å². The van der Waals surface area contributed by atoms with E-state index in [0.717, 1.165) is 76.5 Å². The van der Waals surface area contributed by atoms with Gasteiger partial charge in [-0.15, -0.1) is 0 Å². The summed E-state index contributed by atoms with van der Waals surface area (Å²) in [5.74, 6) is 2.09. The molecule has 2 saturated heterocycles. The summed E-state index contributed by atoms with van der Waals surface area (Å²) in [6.07, 6.45) is 10.2. The van der Waals surface area contributed by atoms with Crippen molar-refractivity contribution in [3.05, 3.63) is 0 Å². The van der Waals surface area contributed by atoms with Crippen molar-refractivity contribution in [3.63, 3.8) is 0 Å². The third-order valence-corrected chi connectivity index (χ3v) is 6.99. The minimum Gasteiger partial charge on any atom is -0.343 e. The Morgan fingerprint density at radius 3 is 1.48 bits per heavy atom. The largest absolute Gasteiger partial charge is 0.343 e. The molecule has 4 heteroatoms. The van der Waals surface area contributed by atoms with Gasteiger partial charge in [-0.3, -0.25) is 9.59 Å². The van der Waals surface area contributed by atoms with Gasteiger partial charge in [0.1, 0.15) is 0 Å². The van der Waals surface area contributed by atoms with Crippen LogP contribution in [-0.2, 0) is 9.59 Å². The van der Waals surface area contributed by atoms with Crippen LogP contribution in [0, 0.1) is 17.3 Å². The number of carbonyl (C=O) groups excluding carboxylic acids is 2. The highest BCUT2D eigenvalue weighted by atomic mass is 16.2. The Bertz CT molecular complexity index is 430. The second kappa shape index (κ2) is 8.09. The van der Waals surface area contributed by atoms with Crippen molar-refractivity contribution in [2.45, 2.75) is 78.1 Å². The lowest BCUT2D eigenvalue weighted by Crippen LogP contribution is -2.43. The third kappa shape index (κ3) is 4.77. The zero-order valence-corrected chi connectivity index (χ0v) is 16.3. The first kappa shape index (κ1) is 18.7. The van der Waals surface area contributed by atoms with Crippen molar-refractivity contribution in [3.8, 4) is 0 Å². The van der Waals surface area contributed by atoms with Crippen LogP contribution in [0.4, 0.5) is 0 Å². The molecule has 2 aliphatic heterocycles. The highest BCUT2D eigenvalue weighted by molar-refractivity contribution is 5.80. The van der Waals surface area contributed by atoms with Crippen molar-refractivity contribution < 1.29 is 9.59 Å². The Kier molecular flexibility index (Phi) is 6.06. The monoisotopic (exact) mass is 348 g/mol. The van der Waals surface area contributed by atoms with Crippen LogP contribution in [0.25, 0.3) is 0 Å². The molecular weight excluding hydrogens is 312 g/mol. The van der Waals surface area contributed by atoms with Gasteiger partial charge >= 0.3 is 0 Å². The molecule has 2 amide bonds. The summed E-state index contributed by atoms with van der Waals surface area (Å²) in [5.41, 5.74) is -0.0553. The van der Waals surface area contributed by atoms with E-state index in [1.807, 2.05) is 0 Å². The lowest BCUT2D eigenvalue weighted by molar-refractivity contribution is -0.138. The maximum Gasteiger partial charge on any atom is 0.223 e. The molecular formula is C21H36N2O2. The van der Waals surface area contributed by atoms with Crippen molar-refractivity contribution in [1.82, 2.24) is 9.80 Å². The van der Waals surface area contributed by atoms with Crippen LogP contribution in [0.15, 0.2) is 0 Å². The smallest absolute Gasteiger partial charge is 0.223 e. The fourth-order valence-electron chi connectivity index (χ4n) is 4.92. The Labute approximate surface area is 153 Å². The first-order valence-corrected chi connectivity index (χ1v) is 10.5. The lowest BCUT2D eigenvalue weighted by Gasteiger charge is -2.37. The van der Waals surface area contributed by atoms with Gasteiger partial charge in [-0.2, -0.15) is 0 Å². The van der Waals surface area contributed by atoms with Crippen LogP contribution in [0.1, 0.15) is 78.1 Å². The number of hydrogen-bond acceptors (Lipinski definition) is 2. The summed E-state index contributed by atoms with van der Waals surface area (Å²) < 4.78 is 0. The van der Waals surface area contributed by atoms with Gasteiger partial charge in [0.25, 0.3) is 0 Å². The van der Waals surface area contributed by atoms with E-state index in [1.165, 1.54) is 12.8 Å². The van der Waals surface area contributed by atoms with E-state index in [-0.39, 0.29) is 5.41 Å². The Morgan fingerprint density at radius 1 is 0.760 bits per heavy atom. The highest BCUT2D eigenvalue weighted by Gasteiger charge is 2.40. The second-order valence-electron chi connectivity index (χ2n) is 9.19. The normalized spacial score (nSPS) is 25.4. The molecule has 0 spiro atoms. The summed E-state index contributed by atoms with van der Waals surface area (Å²) in [6, 6.07) is 0. The second-order valence-corrected chi connectivity index (χ2v) is 9.19. The van der Waals surface area contributed by atoms with Gasteiger partial charge in [0, 0.05) is 39.0 Å². The molecule has 0 N–H and O–H groups in total. The van der Waals surface area contributed by atoms with E-state index in [4.69, 9.17) is 0 Å². The minimum atomic E-state index is -0.0553. The topological polar surface area (TPSA) is 40.6 Å². The van der Waals surface area contributed by atoms with Crippen LogP contribution >= 0.6 is 0 Å². The van der Waals surface area contributed by atoms with Gasteiger partial charge in [0.05, 0.1) is 0 Å². The fourth-order valence-corrected chi connectivity index (χ4v) is 4.92. The van der Waals surface area contributed by atoms with Crippen molar-refractivity contribution in [1.29, 1.82) is 0 Å². The van der Waals surface area contributed by atoms with E-state index in [2.05, 4.69) is 23.6 Å². The van der Waals surface area contributed by atoms with Crippen LogP contribution in [0.5, 0.6) is 0 Å². The molecule has 1 saturated carbocycles. The number of carbonyl (C=O) groups is 2. The van der Waals surface area contributed by atoms with Gasteiger partial charge in [0.15, 0.2) is 0 Å². The molecule has 0 atom stereocenters. The van der Waals surface area contributed by atoms with Gasteiger partial charge in [-0.05, 0) is 55.8 Å². The molecule has 3 aliphatic rings. The molecule has 0 unspecified atom stereocenters. The Hall–Kier alpha value is -1.06. The first-order chi connectivity index (χ1) is 12.0. The molecule has 25 heavy (non-hydrogen) atoms. The molecule has 0 radical (unpaired) electrons.